The van der Waals surface area contributed by atoms with Gasteiger partial charge in [0, 0.05) is 6.42 Å². The Labute approximate surface area is 110 Å². The van der Waals surface area contributed by atoms with Crippen LogP contribution in [0.25, 0.3) is 0 Å². The first kappa shape index (κ1) is 13.3. The Morgan fingerprint density at radius 2 is 2.11 bits per heavy atom. The van der Waals surface area contributed by atoms with Crippen molar-refractivity contribution in [1.82, 2.24) is 5.32 Å². The fourth-order valence-corrected chi connectivity index (χ4v) is 2.61. The van der Waals surface area contributed by atoms with Crippen LogP contribution in [0, 0.1) is 0 Å². The SMILES string of the molecule is CC(CCC(=O)C1CCCCN1)c1ccccc1. The van der Waals surface area contributed by atoms with E-state index in [1.807, 2.05) is 6.07 Å². The number of ketones is 1. The predicted molar refractivity (Wildman–Crippen MR) is 74.7 cm³/mol. The second-order valence-corrected chi connectivity index (χ2v) is 5.32. The Hall–Kier alpha value is -1.15. The third-order valence-corrected chi connectivity index (χ3v) is 3.89. The van der Waals surface area contributed by atoms with Gasteiger partial charge in [0.05, 0.1) is 6.04 Å². The van der Waals surface area contributed by atoms with Crippen molar-refractivity contribution >= 4 is 5.78 Å². The predicted octanol–water partition coefficient (Wildman–Crippen LogP) is 3.28. The largest absolute Gasteiger partial charge is 0.307 e. The van der Waals surface area contributed by atoms with Crippen LogP contribution in [0.4, 0.5) is 0 Å². The second-order valence-electron chi connectivity index (χ2n) is 5.32. The molecule has 1 aromatic carbocycles. The van der Waals surface area contributed by atoms with Crippen LogP contribution in [-0.4, -0.2) is 18.4 Å². The minimum Gasteiger partial charge on any atom is -0.307 e. The first-order chi connectivity index (χ1) is 8.77. The van der Waals surface area contributed by atoms with E-state index >= 15 is 0 Å². The van der Waals surface area contributed by atoms with Crippen molar-refractivity contribution in [1.29, 1.82) is 0 Å². The number of hydrogen-bond donors (Lipinski definition) is 1. The molecule has 1 aliphatic rings. The topological polar surface area (TPSA) is 29.1 Å². The second kappa shape index (κ2) is 6.69. The van der Waals surface area contributed by atoms with Gasteiger partial charge in [0.15, 0.2) is 0 Å². The number of piperidine rings is 1. The molecule has 2 nitrogen and oxygen atoms in total. The maximum absolute atomic E-state index is 12.1. The molecule has 2 heteroatoms. The average Bonchev–Trinajstić information content (AvgIpc) is 2.46. The highest BCUT2D eigenvalue weighted by atomic mass is 16.1. The van der Waals surface area contributed by atoms with Crippen LogP contribution in [0.15, 0.2) is 30.3 Å². The van der Waals surface area contributed by atoms with E-state index in [-0.39, 0.29) is 6.04 Å². The molecule has 18 heavy (non-hydrogen) atoms. The molecule has 1 N–H and O–H groups in total. The van der Waals surface area contributed by atoms with Gasteiger partial charge in [-0.1, -0.05) is 43.7 Å². The minimum absolute atomic E-state index is 0.127. The molecule has 0 saturated carbocycles. The summed E-state index contributed by atoms with van der Waals surface area (Å²) in [6.07, 6.45) is 5.09. The minimum atomic E-state index is 0.127. The number of rotatable bonds is 5. The molecule has 1 aliphatic heterocycles. The summed E-state index contributed by atoms with van der Waals surface area (Å²) in [7, 11) is 0. The van der Waals surface area contributed by atoms with Crippen molar-refractivity contribution in [2.45, 2.75) is 51.0 Å². The standard InChI is InChI=1S/C16H23NO/c1-13(14-7-3-2-4-8-14)10-11-16(18)15-9-5-6-12-17-15/h2-4,7-8,13,15,17H,5-6,9-12H2,1H3. The zero-order valence-corrected chi connectivity index (χ0v) is 11.2. The molecular formula is C16H23NO. The highest BCUT2D eigenvalue weighted by Crippen LogP contribution is 2.21. The van der Waals surface area contributed by atoms with E-state index in [2.05, 4.69) is 36.5 Å². The van der Waals surface area contributed by atoms with Crippen molar-refractivity contribution < 1.29 is 4.79 Å². The van der Waals surface area contributed by atoms with E-state index in [1.165, 1.54) is 18.4 Å². The molecule has 1 saturated heterocycles. The van der Waals surface area contributed by atoms with E-state index in [9.17, 15) is 4.79 Å². The summed E-state index contributed by atoms with van der Waals surface area (Å²) < 4.78 is 0. The first-order valence-electron chi connectivity index (χ1n) is 7.08. The van der Waals surface area contributed by atoms with Gasteiger partial charge in [-0.05, 0) is 37.3 Å². The van der Waals surface area contributed by atoms with Gasteiger partial charge in [-0.2, -0.15) is 0 Å². The van der Waals surface area contributed by atoms with Crippen molar-refractivity contribution in [3.63, 3.8) is 0 Å². The van der Waals surface area contributed by atoms with Gasteiger partial charge < -0.3 is 5.32 Å². The molecular weight excluding hydrogens is 222 g/mol. The van der Waals surface area contributed by atoms with Crippen molar-refractivity contribution in [3.8, 4) is 0 Å². The van der Waals surface area contributed by atoms with Gasteiger partial charge in [0.25, 0.3) is 0 Å². The smallest absolute Gasteiger partial charge is 0.149 e. The van der Waals surface area contributed by atoms with E-state index in [1.54, 1.807) is 0 Å². The normalized spacial score (nSPS) is 21.5. The monoisotopic (exact) mass is 245 g/mol. The lowest BCUT2D eigenvalue weighted by Crippen LogP contribution is -2.40. The number of carbonyl (C=O) groups excluding carboxylic acids is 1. The van der Waals surface area contributed by atoms with E-state index in [4.69, 9.17) is 0 Å². The van der Waals surface area contributed by atoms with Gasteiger partial charge in [-0.15, -0.1) is 0 Å². The van der Waals surface area contributed by atoms with Crippen LogP contribution >= 0.6 is 0 Å². The van der Waals surface area contributed by atoms with Gasteiger partial charge >= 0.3 is 0 Å². The molecule has 0 aliphatic carbocycles. The van der Waals surface area contributed by atoms with Gasteiger partial charge in [-0.3, -0.25) is 4.79 Å². The molecule has 1 aromatic rings. The summed E-state index contributed by atoms with van der Waals surface area (Å²) in [5.74, 6) is 0.872. The first-order valence-corrected chi connectivity index (χ1v) is 7.08. The van der Waals surface area contributed by atoms with Crippen LogP contribution < -0.4 is 5.32 Å². The molecule has 1 heterocycles. The summed E-state index contributed by atoms with van der Waals surface area (Å²) in [5, 5.41) is 3.33. The molecule has 2 unspecified atom stereocenters. The van der Waals surface area contributed by atoms with Crippen LogP contribution in [-0.2, 0) is 4.79 Å². The lowest BCUT2D eigenvalue weighted by atomic mass is 9.92. The number of benzene rings is 1. The quantitative estimate of drug-likeness (QED) is 0.862. The summed E-state index contributed by atoms with van der Waals surface area (Å²) >= 11 is 0. The van der Waals surface area contributed by atoms with Crippen LogP contribution in [0.3, 0.4) is 0 Å². The lowest BCUT2D eigenvalue weighted by Gasteiger charge is -2.22. The molecule has 0 aromatic heterocycles. The van der Waals surface area contributed by atoms with Crippen molar-refractivity contribution in [3.05, 3.63) is 35.9 Å². The molecule has 0 bridgehead atoms. The maximum atomic E-state index is 12.1. The van der Waals surface area contributed by atoms with E-state index in [0.717, 1.165) is 19.4 Å². The Kier molecular flexibility index (Phi) is 4.94. The summed E-state index contributed by atoms with van der Waals surface area (Å²) in [4.78, 5) is 12.1. The average molecular weight is 245 g/mol. The Balaban J connectivity index is 1.78. The summed E-state index contributed by atoms with van der Waals surface area (Å²) in [6, 6.07) is 10.6. The van der Waals surface area contributed by atoms with Gasteiger partial charge in [-0.25, -0.2) is 0 Å². The molecule has 0 spiro atoms. The fraction of sp³-hybridized carbons (Fsp3) is 0.562. The van der Waals surface area contributed by atoms with Gasteiger partial charge in [0.2, 0.25) is 0 Å². The summed E-state index contributed by atoms with van der Waals surface area (Å²) in [6.45, 7) is 3.21. The Bertz CT molecular complexity index is 368. The van der Waals surface area contributed by atoms with Crippen LogP contribution in [0.1, 0.15) is 50.5 Å². The van der Waals surface area contributed by atoms with E-state index < -0.39 is 0 Å². The molecule has 2 atom stereocenters. The van der Waals surface area contributed by atoms with Crippen molar-refractivity contribution in [2.24, 2.45) is 0 Å². The summed E-state index contributed by atoms with van der Waals surface area (Å²) in [5.41, 5.74) is 1.34. The fourth-order valence-electron chi connectivity index (χ4n) is 2.61. The molecule has 0 radical (unpaired) electrons. The maximum Gasteiger partial charge on any atom is 0.149 e. The molecule has 1 fully saturated rings. The number of nitrogens with one attached hydrogen (secondary N) is 1. The number of carbonyl (C=O) groups is 1. The zero-order chi connectivity index (χ0) is 12.8. The van der Waals surface area contributed by atoms with Crippen LogP contribution in [0.2, 0.25) is 0 Å². The third kappa shape index (κ3) is 3.67. The lowest BCUT2D eigenvalue weighted by molar-refractivity contribution is -0.121. The van der Waals surface area contributed by atoms with Crippen molar-refractivity contribution in [2.75, 3.05) is 6.54 Å². The Morgan fingerprint density at radius 1 is 1.33 bits per heavy atom. The molecule has 2 rings (SSSR count). The molecule has 0 amide bonds. The Morgan fingerprint density at radius 3 is 2.78 bits per heavy atom. The van der Waals surface area contributed by atoms with Gasteiger partial charge in [0.1, 0.15) is 5.78 Å². The highest BCUT2D eigenvalue weighted by molar-refractivity contribution is 5.84. The highest BCUT2D eigenvalue weighted by Gasteiger charge is 2.20. The number of hydrogen-bond acceptors (Lipinski definition) is 2. The zero-order valence-electron chi connectivity index (χ0n) is 11.2. The van der Waals surface area contributed by atoms with Crippen LogP contribution in [0.5, 0.6) is 0 Å². The molecule has 98 valence electrons. The third-order valence-electron chi connectivity index (χ3n) is 3.89. The number of Topliss-reactive ketones (excluding diaryl/α,β-unsaturated/α-hetero) is 1. The van der Waals surface area contributed by atoms with E-state index in [0.29, 0.717) is 18.1 Å².